The minimum absolute atomic E-state index is 0.0303. The van der Waals surface area contributed by atoms with E-state index in [1.807, 2.05) is 0 Å². The fraction of sp³-hybridized carbons (Fsp3) is 0.632. The van der Waals surface area contributed by atoms with E-state index >= 15 is 0 Å². The first-order valence-electron chi connectivity index (χ1n) is 9.07. The largest absolute Gasteiger partial charge is 0.341 e. The molecule has 0 aromatic heterocycles. The lowest BCUT2D eigenvalue weighted by atomic mass is 9.76. The second-order valence-corrected chi connectivity index (χ2v) is 7.64. The number of carbonyl (C=O) groups is 1. The predicted octanol–water partition coefficient (Wildman–Crippen LogP) is 2.28. The van der Waals surface area contributed by atoms with Gasteiger partial charge < -0.3 is 4.90 Å². The average Bonchev–Trinajstić information content (AvgIpc) is 3.22. The molecule has 1 saturated carbocycles. The van der Waals surface area contributed by atoms with E-state index in [2.05, 4.69) is 53.0 Å². The lowest BCUT2D eigenvalue weighted by Gasteiger charge is -2.32. The van der Waals surface area contributed by atoms with Gasteiger partial charge in [-0.25, -0.2) is 5.43 Å². The zero-order chi connectivity index (χ0) is 15.8. The molecule has 5 unspecified atom stereocenters. The van der Waals surface area contributed by atoms with E-state index in [1.54, 1.807) is 0 Å². The van der Waals surface area contributed by atoms with Crippen LogP contribution >= 0.6 is 0 Å². The molecule has 4 heteroatoms. The van der Waals surface area contributed by atoms with Crippen molar-refractivity contribution >= 4 is 5.91 Å². The quantitative estimate of drug-likeness (QED) is 0.880. The highest BCUT2D eigenvalue weighted by atomic mass is 16.2. The van der Waals surface area contributed by atoms with Gasteiger partial charge in [0, 0.05) is 31.0 Å². The Bertz CT molecular complexity index is 561. The first-order valence-corrected chi connectivity index (χ1v) is 9.07. The van der Waals surface area contributed by atoms with Gasteiger partial charge in [0.1, 0.15) is 6.04 Å². The van der Waals surface area contributed by atoms with Crippen LogP contribution in [0.4, 0.5) is 0 Å². The highest BCUT2D eigenvalue weighted by molar-refractivity contribution is 5.83. The van der Waals surface area contributed by atoms with Gasteiger partial charge >= 0.3 is 0 Å². The van der Waals surface area contributed by atoms with E-state index in [4.69, 9.17) is 0 Å². The molecule has 2 aliphatic heterocycles. The van der Waals surface area contributed by atoms with Crippen molar-refractivity contribution in [3.05, 3.63) is 35.9 Å². The minimum atomic E-state index is -0.0303. The molecule has 0 radical (unpaired) electrons. The van der Waals surface area contributed by atoms with Crippen molar-refractivity contribution in [3.63, 3.8) is 0 Å². The Balaban J connectivity index is 1.42. The SMILES string of the molecule is CC1CCC2NNC(C(=O)N3CCC(c4ccccc4)C3)C2C1. The van der Waals surface area contributed by atoms with Gasteiger partial charge in [0.15, 0.2) is 0 Å². The molecule has 5 atom stereocenters. The maximum absolute atomic E-state index is 13.0. The predicted molar refractivity (Wildman–Crippen MR) is 90.7 cm³/mol. The summed E-state index contributed by atoms with van der Waals surface area (Å²) in [6.07, 6.45) is 4.71. The van der Waals surface area contributed by atoms with Crippen LogP contribution in [0.3, 0.4) is 0 Å². The van der Waals surface area contributed by atoms with Crippen molar-refractivity contribution in [1.82, 2.24) is 15.8 Å². The molecule has 1 amide bonds. The van der Waals surface area contributed by atoms with E-state index in [0.717, 1.165) is 31.8 Å². The van der Waals surface area contributed by atoms with E-state index in [-0.39, 0.29) is 6.04 Å². The second-order valence-electron chi connectivity index (χ2n) is 7.64. The number of carbonyl (C=O) groups excluding carboxylic acids is 1. The summed E-state index contributed by atoms with van der Waals surface area (Å²) in [6, 6.07) is 11.1. The summed E-state index contributed by atoms with van der Waals surface area (Å²) in [4.78, 5) is 15.1. The Morgan fingerprint density at radius 2 is 1.96 bits per heavy atom. The van der Waals surface area contributed by atoms with E-state index in [1.165, 1.54) is 18.4 Å². The van der Waals surface area contributed by atoms with Crippen LogP contribution in [-0.4, -0.2) is 36.0 Å². The van der Waals surface area contributed by atoms with Crippen molar-refractivity contribution < 1.29 is 4.79 Å². The van der Waals surface area contributed by atoms with E-state index in [9.17, 15) is 4.79 Å². The zero-order valence-corrected chi connectivity index (χ0v) is 13.9. The van der Waals surface area contributed by atoms with Gasteiger partial charge in [-0.3, -0.25) is 10.2 Å². The number of nitrogens with one attached hydrogen (secondary N) is 2. The summed E-state index contributed by atoms with van der Waals surface area (Å²) in [5, 5.41) is 0. The third kappa shape index (κ3) is 2.90. The summed E-state index contributed by atoms with van der Waals surface area (Å²) in [6.45, 7) is 4.08. The van der Waals surface area contributed by atoms with Crippen molar-refractivity contribution in [2.75, 3.05) is 13.1 Å². The third-order valence-corrected chi connectivity index (χ3v) is 6.05. The maximum atomic E-state index is 13.0. The molecule has 1 aliphatic carbocycles. The fourth-order valence-corrected chi connectivity index (χ4v) is 4.68. The molecular weight excluding hydrogens is 286 g/mol. The standard InChI is InChI=1S/C19H27N3O/c1-13-7-8-17-16(11-13)18(21-20-17)19(23)22-10-9-15(12-22)14-5-3-2-4-6-14/h2-6,13,15-18,20-21H,7-12H2,1H3. The van der Waals surface area contributed by atoms with Crippen LogP contribution in [0.1, 0.15) is 44.1 Å². The molecule has 2 heterocycles. The smallest absolute Gasteiger partial charge is 0.241 e. The molecule has 3 fully saturated rings. The first kappa shape index (κ1) is 15.2. The van der Waals surface area contributed by atoms with Crippen LogP contribution in [0.5, 0.6) is 0 Å². The highest BCUT2D eigenvalue weighted by Crippen LogP contribution is 2.35. The summed E-state index contributed by atoms with van der Waals surface area (Å²) in [5.74, 6) is 2.00. The molecule has 4 nitrogen and oxygen atoms in total. The number of likely N-dealkylation sites (tertiary alicyclic amines) is 1. The molecule has 1 aromatic carbocycles. The molecular formula is C19H27N3O. The third-order valence-electron chi connectivity index (χ3n) is 6.05. The molecule has 3 aliphatic rings. The summed E-state index contributed by atoms with van der Waals surface area (Å²) in [5.41, 5.74) is 8.05. The topological polar surface area (TPSA) is 44.4 Å². The Morgan fingerprint density at radius 3 is 2.78 bits per heavy atom. The number of benzene rings is 1. The number of hydrogen-bond acceptors (Lipinski definition) is 3. The molecule has 4 rings (SSSR count). The highest BCUT2D eigenvalue weighted by Gasteiger charge is 2.44. The first-order chi connectivity index (χ1) is 11.2. The monoisotopic (exact) mass is 313 g/mol. The Kier molecular flexibility index (Phi) is 4.12. The lowest BCUT2D eigenvalue weighted by Crippen LogP contribution is -2.47. The van der Waals surface area contributed by atoms with E-state index in [0.29, 0.717) is 23.8 Å². The fourth-order valence-electron chi connectivity index (χ4n) is 4.68. The minimum Gasteiger partial charge on any atom is -0.341 e. The van der Waals surface area contributed by atoms with Gasteiger partial charge in [0.05, 0.1) is 0 Å². The van der Waals surface area contributed by atoms with Crippen LogP contribution in [-0.2, 0) is 4.79 Å². The van der Waals surface area contributed by atoms with Gasteiger partial charge in [-0.2, -0.15) is 0 Å². The van der Waals surface area contributed by atoms with Crippen molar-refractivity contribution in [2.24, 2.45) is 11.8 Å². The average molecular weight is 313 g/mol. The molecule has 1 aromatic rings. The summed E-state index contributed by atoms with van der Waals surface area (Å²) >= 11 is 0. The van der Waals surface area contributed by atoms with Gasteiger partial charge in [-0.1, -0.05) is 37.3 Å². The van der Waals surface area contributed by atoms with Crippen molar-refractivity contribution in [3.8, 4) is 0 Å². The number of fused-ring (bicyclic) bond motifs is 1. The molecule has 0 bridgehead atoms. The summed E-state index contributed by atoms with van der Waals surface area (Å²) < 4.78 is 0. The second kappa shape index (κ2) is 6.25. The van der Waals surface area contributed by atoms with Crippen molar-refractivity contribution in [1.29, 1.82) is 0 Å². The Hall–Kier alpha value is -1.39. The lowest BCUT2D eigenvalue weighted by molar-refractivity contribution is -0.133. The van der Waals surface area contributed by atoms with Gasteiger partial charge in [-0.05, 0) is 37.2 Å². The van der Waals surface area contributed by atoms with Crippen LogP contribution < -0.4 is 10.9 Å². The maximum Gasteiger partial charge on any atom is 0.241 e. The van der Waals surface area contributed by atoms with Gasteiger partial charge in [0.25, 0.3) is 0 Å². The van der Waals surface area contributed by atoms with Gasteiger partial charge in [0.2, 0.25) is 5.91 Å². The van der Waals surface area contributed by atoms with Crippen LogP contribution in [0.25, 0.3) is 0 Å². The zero-order valence-electron chi connectivity index (χ0n) is 13.9. The van der Waals surface area contributed by atoms with Crippen LogP contribution in [0, 0.1) is 11.8 Å². The van der Waals surface area contributed by atoms with Crippen LogP contribution in [0.15, 0.2) is 30.3 Å². The Morgan fingerprint density at radius 1 is 1.13 bits per heavy atom. The number of nitrogens with zero attached hydrogens (tertiary/aromatic N) is 1. The number of rotatable bonds is 2. The van der Waals surface area contributed by atoms with E-state index < -0.39 is 0 Å². The molecule has 2 saturated heterocycles. The number of hydrazine groups is 1. The van der Waals surface area contributed by atoms with Crippen molar-refractivity contribution in [2.45, 2.75) is 50.6 Å². The van der Waals surface area contributed by atoms with Crippen LogP contribution in [0.2, 0.25) is 0 Å². The molecule has 0 spiro atoms. The normalized spacial score (nSPS) is 36.9. The number of hydrogen-bond donors (Lipinski definition) is 2. The number of amides is 1. The Labute approximate surface area is 138 Å². The molecule has 2 N–H and O–H groups in total. The molecule has 124 valence electrons. The summed E-state index contributed by atoms with van der Waals surface area (Å²) in [7, 11) is 0. The van der Waals surface area contributed by atoms with Gasteiger partial charge in [-0.15, -0.1) is 0 Å². The molecule has 23 heavy (non-hydrogen) atoms.